The number of nitrogens with one attached hydrogen (secondary N) is 3. The molecule has 2 fully saturated rings. The second-order valence-corrected chi connectivity index (χ2v) is 8.15. The van der Waals surface area contributed by atoms with Gasteiger partial charge in [0, 0.05) is 28.2 Å². The Labute approximate surface area is 180 Å². The number of carbonyl (C=O) groups is 2. The Balaban J connectivity index is 1.51. The number of rotatable bonds is 6. The lowest BCUT2D eigenvalue weighted by Gasteiger charge is -2.11. The summed E-state index contributed by atoms with van der Waals surface area (Å²) >= 11 is 3.55. The fourth-order valence-corrected chi connectivity index (χ4v) is 3.63. The number of halogens is 1. The third-order valence-electron chi connectivity index (χ3n) is 4.93. The van der Waals surface area contributed by atoms with Crippen molar-refractivity contribution in [3.63, 3.8) is 0 Å². The van der Waals surface area contributed by atoms with Gasteiger partial charge < -0.3 is 10.6 Å². The van der Waals surface area contributed by atoms with Crippen LogP contribution in [0.4, 0.5) is 11.9 Å². The number of carbonyl (C=O) groups excluding carboxylic acids is 2. The molecule has 2 amide bonds. The molecule has 1 aliphatic heterocycles. The summed E-state index contributed by atoms with van der Waals surface area (Å²) in [5.41, 5.74) is 2.69. The maximum Gasteiger partial charge on any atom is 0.254 e. The fraction of sp³-hybridized carbons (Fsp3) is 0.250. The zero-order valence-electron chi connectivity index (χ0n) is 15.9. The Hall–Kier alpha value is -3.27. The Morgan fingerprint density at radius 2 is 2.07 bits per heavy atom. The number of benzene rings is 1. The van der Waals surface area contributed by atoms with Crippen LogP contribution in [0.15, 0.2) is 40.5 Å². The number of amides is 2. The number of aromatic nitrogens is 4. The molecule has 152 valence electrons. The third kappa shape index (κ3) is 3.78. The number of imide groups is 1. The highest BCUT2D eigenvalue weighted by atomic mass is 79.9. The van der Waals surface area contributed by atoms with E-state index < -0.39 is 0 Å². The van der Waals surface area contributed by atoms with Gasteiger partial charge in [-0.05, 0) is 30.5 Å². The summed E-state index contributed by atoms with van der Waals surface area (Å²) in [4.78, 5) is 32.6. The highest BCUT2D eigenvalue weighted by Crippen LogP contribution is 2.26. The zero-order valence-corrected chi connectivity index (χ0v) is 17.4. The Bertz CT molecular complexity index is 1200. The first-order chi connectivity index (χ1) is 14.6. The van der Waals surface area contributed by atoms with Gasteiger partial charge in [-0.1, -0.05) is 34.1 Å². The molecule has 3 aromatic rings. The lowest BCUT2D eigenvalue weighted by Crippen LogP contribution is -2.19. The van der Waals surface area contributed by atoms with Gasteiger partial charge in [-0.3, -0.25) is 14.9 Å². The number of nitrogens with zero attached hydrogens (tertiary/aromatic N) is 4. The maximum atomic E-state index is 11.9. The topological polar surface area (TPSA) is 113 Å². The number of hydrogen-bond donors (Lipinski definition) is 3. The van der Waals surface area contributed by atoms with Crippen LogP contribution in [0.1, 0.15) is 30.4 Å². The molecular formula is C20H18BrN7O2. The molecule has 30 heavy (non-hydrogen) atoms. The molecule has 2 aromatic heterocycles. The van der Waals surface area contributed by atoms with Gasteiger partial charge in [-0.25, -0.2) is 0 Å². The first-order valence-corrected chi connectivity index (χ1v) is 10.4. The highest BCUT2D eigenvalue weighted by molar-refractivity contribution is 9.10. The molecule has 3 N–H and O–H groups in total. The number of hydrogen-bond acceptors (Lipinski definition) is 7. The number of fused-ring (bicyclic) bond motifs is 1. The normalized spacial score (nSPS) is 17.6. The Morgan fingerprint density at radius 1 is 1.23 bits per heavy atom. The van der Waals surface area contributed by atoms with Gasteiger partial charge in [0.1, 0.15) is 0 Å². The molecule has 5 rings (SSSR count). The van der Waals surface area contributed by atoms with Crippen molar-refractivity contribution in [1.82, 2.24) is 24.9 Å². The summed E-state index contributed by atoms with van der Waals surface area (Å²) in [6, 6.07) is 8.31. The van der Waals surface area contributed by atoms with Crippen LogP contribution in [0, 0.1) is 0 Å². The Kier molecular flexibility index (Phi) is 4.70. The minimum Gasteiger partial charge on any atom is -0.351 e. The van der Waals surface area contributed by atoms with Crippen molar-refractivity contribution in [3.05, 3.63) is 51.6 Å². The van der Waals surface area contributed by atoms with Crippen LogP contribution in [-0.4, -0.2) is 37.4 Å². The monoisotopic (exact) mass is 467 g/mol. The van der Waals surface area contributed by atoms with Gasteiger partial charge in [0.15, 0.2) is 5.65 Å². The Morgan fingerprint density at radius 3 is 2.80 bits per heavy atom. The molecule has 0 bridgehead atoms. The highest BCUT2D eigenvalue weighted by Gasteiger charge is 2.26. The molecule has 0 atom stereocenters. The molecule has 1 saturated carbocycles. The van der Waals surface area contributed by atoms with Gasteiger partial charge in [0.05, 0.1) is 12.6 Å². The maximum absolute atomic E-state index is 11.9. The largest absolute Gasteiger partial charge is 0.351 e. The van der Waals surface area contributed by atoms with Crippen LogP contribution < -0.4 is 16.0 Å². The van der Waals surface area contributed by atoms with Gasteiger partial charge in [0.25, 0.3) is 5.91 Å². The molecule has 1 saturated heterocycles. The van der Waals surface area contributed by atoms with Crippen molar-refractivity contribution < 1.29 is 9.59 Å². The summed E-state index contributed by atoms with van der Waals surface area (Å²) in [7, 11) is 0. The van der Waals surface area contributed by atoms with Crippen molar-refractivity contribution in [2.75, 3.05) is 10.6 Å². The van der Waals surface area contributed by atoms with Gasteiger partial charge in [0.2, 0.25) is 17.8 Å². The predicted octanol–water partition coefficient (Wildman–Crippen LogP) is 2.50. The van der Waals surface area contributed by atoms with Crippen molar-refractivity contribution in [3.8, 4) is 0 Å². The zero-order chi connectivity index (χ0) is 20.7. The van der Waals surface area contributed by atoms with Crippen LogP contribution in [0.25, 0.3) is 11.7 Å². The van der Waals surface area contributed by atoms with Gasteiger partial charge in [-0.2, -0.15) is 19.6 Å². The van der Waals surface area contributed by atoms with Crippen molar-refractivity contribution >= 4 is 51.4 Å². The summed E-state index contributed by atoms with van der Waals surface area (Å²) in [6.45, 7) is 0.544. The van der Waals surface area contributed by atoms with E-state index in [0.29, 0.717) is 41.3 Å². The average Bonchev–Trinajstić information content (AvgIpc) is 3.36. The molecule has 10 heteroatoms. The summed E-state index contributed by atoms with van der Waals surface area (Å²) in [6.07, 6.45) is 5.52. The first-order valence-electron chi connectivity index (χ1n) is 9.61. The van der Waals surface area contributed by atoms with E-state index in [9.17, 15) is 9.59 Å². The van der Waals surface area contributed by atoms with Crippen molar-refractivity contribution in [2.45, 2.75) is 31.8 Å². The molecule has 0 unspecified atom stereocenters. The third-order valence-corrected chi connectivity index (χ3v) is 5.70. The lowest BCUT2D eigenvalue weighted by molar-refractivity contribution is -0.124. The first kappa shape index (κ1) is 18.7. The predicted molar refractivity (Wildman–Crippen MR) is 115 cm³/mol. The summed E-state index contributed by atoms with van der Waals surface area (Å²) in [5, 5.41) is 13.3. The van der Waals surface area contributed by atoms with Crippen LogP contribution in [-0.2, 0) is 16.1 Å². The molecular weight excluding hydrogens is 450 g/mol. The second-order valence-electron chi connectivity index (χ2n) is 7.29. The van der Waals surface area contributed by atoms with E-state index >= 15 is 0 Å². The van der Waals surface area contributed by atoms with E-state index in [1.807, 2.05) is 24.3 Å². The van der Waals surface area contributed by atoms with E-state index in [1.165, 1.54) is 0 Å². The van der Waals surface area contributed by atoms with E-state index in [1.54, 1.807) is 16.8 Å². The van der Waals surface area contributed by atoms with Crippen molar-refractivity contribution in [1.29, 1.82) is 0 Å². The van der Waals surface area contributed by atoms with Crippen LogP contribution in [0.3, 0.4) is 0 Å². The minimum atomic E-state index is -0.378. The lowest BCUT2D eigenvalue weighted by atomic mass is 10.1. The molecule has 0 spiro atoms. The van der Waals surface area contributed by atoms with E-state index in [-0.39, 0.29) is 18.2 Å². The van der Waals surface area contributed by atoms with E-state index in [4.69, 9.17) is 0 Å². The molecule has 1 aliphatic carbocycles. The molecule has 0 radical (unpaired) electrons. The van der Waals surface area contributed by atoms with Crippen molar-refractivity contribution in [2.24, 2.45) is 0 Å². The van der Waals surface area contributed by atoms with E-state index in [2.05, 4.69) is 46.9 Å². The van der Waals surface area contributed by atoms with Crippen LogP contribution >= 0.6 is 15.9 Å². The minimum absolute atomic E-state index is 0.0571. The summed E-state index contributed by atoms with van der Waals surface area (Å²) in [5.74, 6) is 0.364. The average molecular weight is 468 g/mol. The quantitative estimate of drug-likeness (QED) is 0.376. The fourth-order valence-electron chi connectivity index (χ4n) is 3.20. The molecule has 3 heterocycles. The molecule has 1 aromatic carbocycles. The SMILES string of the molecule is O=C1C/C(=C\c2cnn3c(NC4CC4)nc(NCc4ccccc4Br)nc23)C(=O)N1. The second kappa shape index (κ2) is 7.52. The summed E-state index contributed by atoms with van der Waals surface area (Å²) < 4.78 is 2.63. The van der Waals surface area contributed by atoms with Crippen LogP contribution in [0.2, 0.25) is 0 Å². The molecule has 2 aliphatic rings. The molecule has 9 nitrogen and oxygen atoms in total. The standard InChI is InChI=1S/C20H18BrN7O2/c21-15-4-2-1-3-11(15)9-22-19-26-17-13(7-12-8-16(29)25-18(12)30)10-23-28(17)20(27-19)24-14-5-6-14/h1-4,7,10,14H,5-6,8-9H2,(H,25,29,30)(H2,22,24,26,27)/b12-7+. The number of anilines is 2. The smallest absolute Gasteiger partial charge is 0.254 e. The van der Waals surface area contributed by atoms with Crippen LogP contribution in [0.5, 0.6) is 0 Å². The van der Waals surface area contributed by atoms with Gasteiger partial charge >= 0.3 is 0 Å². The van der Waals surface area contributed by atoms with E-state index in [0.717, 1.165) is 22.9 Å². The van der Waals surface area contributed by atoms with Gasteiger partial charge in [-0.15, -0.1) is 0 Å².